The highest BCUT2D eigenvalue weighted by atomic mass is 16.3. The molecule has 4 N–H and O–H groups in total. The Morgan fingerprint density at radius 1 is 1.14 bits per heavy atom. The molecule has 2 aromatic carbocycles. The van der Waals surface area contributed by atoms with Crippen LogP contribution in [0.3, 0.4) is 0 Å². The molecule has 110 valence electrons. The number of nitrogens with one attached hydrogen (secondary N) is 2. The third-order valence-corrected chi connectivity index (χ3v) is 3.33. The van der Waals surface area contributed by atoms with E-state index in [9.17, 15) is 15.0 Å². The number of carbonyl (C=O) groups excluding carboxylic acids is 1. The van der Waals surface area contributed by atoms with Crippen LogP contribution in [0.15, 0.2) is 42.5 Å². The summed E-state index contributed by atoms with van der Waals surface area (Å²) in [5, 5.41) is 24.9. The summed E-state index contributed by atoms with van der Waals surface area (Å²) < 4.78 is 0. The summed E-state index contributed by atoms with van der Waals surface area (Å²) in [5.41, 5.74) is 1.74. The van der Waals surface area contributed by atoms with Gasteiger partial charge in [0.2, 0.25) is 0 Å². The Balaban J connectivity index is 2.28. The van der Waals surface area contributed by atoms with Crippen molar-refractivity contribution in [1.29, 1.82) is 0 Å². The van der Waals surface area contributed by atoms with E-state index < -0.39 is 5.91 Å². The summed E-state index contributed by atoms with van der Waals surface area (Å²) in [6, 6.07) is 11.4. The normalized spacial score (nSPS) is 11.9. The van der Waals surface area contributed by atoms with Crippen LogP contribution < -0.4 is 10.6 Å². The van der Waals surface area contributed by atoms with Crippen LogP contribution in [-0.2, 0) is 0 Å². The number of phenolic OH excluding ortho intramolecular Hbond substituents is 2. The van der Waals surface area contributed by atoms with Gasteiger partial charge in [0.25, 0.3) is 5.91 Å². The van der Waals surface area contributed by atoms with Crippen LogP contribution in [-0.4, -0.2) is 23.2 Å². The first-order valence-electron chi connectivity index (χ1n) is 6.62. The Labute approximate surface area is 123 Å². The van der Waals surface area contributed by atoms with Crippen molar-refractivity contribution >= 4 is 11.6 Å². The van der Waals surface area contributed by atoms with Crippen LogP contribution in [0.4, 0.5) is 5.69 Å². The van der Waals surface area contributed by atoms with E-state index in [1.807, 2.05) is 32.2 Å². The first-order chi connectivity index (χ1) is 10.0. The second-order valence-corrected chi connectivity index (χ2v) is 4.75. The minimum absolute atomic E-state index is 0.0786. The van der Waals surface area contributed by atoms with Gasteiger partial charge in [-0.1, -0.05) is 18.2 Å². The molecule has 0 aromatic heterocycles. The number of para-hydroxylation sites is 1. The highest BCUT2D eigenvalue weighted by Gasteiger charge is 2.15. The fraction of sp³-hybridized carbons (Fsp3) is 0.188. The molecule has 0 aliphatic rings. The van der Waals surface area contributed by atoms with Crippen molar-refractivity contribution in [2.45, 2.75) is 13.0 Å². The van der Waals surface area contributed by atoms with Gasteiger partial charge in [-0.3, -0.25) is 4.79 Å². The van der Waals surface area contributed by atoms with Gasteiger partial charge < -0.3 is 20.8 Å². The van der Waals surface area contributed by atoms with Crippen LogP contribution in [0, 0.1) is 0 Å². The molecule has 21 heavy (non-hydrogen) atoms. The summed E-state index contributed by atoms with van der Waals surface area (Å²) in [6.07, 6.45) is 0. The van der Waals surface area contributed by atoms with E-state index in [2.05, 4.69) is 10.6 Å². The molecular weight excluding hydrogens is 268 g/mol. The largest absolute Gasteiger partial charge is 0.508 e. The van der Waals surface area contributed by atoms with Crippen molar-refractivity contribution in [2.24, 2.45) is 0 Å². The van der Waals surface area contributed by atoms with E-state index in [-0.39, 0.29) is 23.1 Å². The van der Waals surface area contributed by atoms with E-state index in [1.165, 1.54) is 12.1 Å². The number of hydrogen-bond donors (Lipinski definition) is 4. The minimum atomic E-state index is -0.428. The van der Waals surface area contributed by atoms with Gasteiger partial charge in [-0.15, -0.1) is 0 Å². The van der Waals surface area contributed by atoms with Gasteiger partial charge in [0.1, 0.15) is 11.5 Å². The lowest BCUT2D eigenvalue weighted by Gasteiger charge is -2.16. The van der Waals surface area contributed by atoms with Crippen molar-refractivity contribution in [3.8, 4) is 11.5 Å². The van der Waals surface area contributed by atoms with Gasteiger partial charge >= 0.3 is 0 Å². The summed E-state index contributed by atoms with van der Waals surface area (Å²) >= 11 is 0. The van der Waals surface area contributed by atoms with E-state index in [0.717, 1.165) is 11.6 Å². The average Bonchev–Trinajstić information content (AvgIpc) is 2.46. The van der Waals surface area contributed by atoms with Gasteiger partial charge in [0, 0.05) is 17.8 Å². The van der Waals surface area contributed by atoms with Crippen molar-refractivity contribution in [2.75, 3.05) is 12.4 Å². The molecule has 0 saturated heterocycles. The maximum atomic E-state index is 12.2. The molecule has 0 fully saturated rings. The van der Waals surface area contributed by atoms with Crippen LogP contribution in [0.25, 0.3) is 0 Å². The minimum Gasteiger partial charge on any atom is -0.508 e. The molecule has 1 atom stereocenters. The zero-order chi connectivity index (χ0) is 15.4. The zero-order valence-corrected chi connectivity index (χ0v) is 11.9. The molecule has 0 heterocycles. The number of anilines is 1. The molecule has 2 aromatic rings. The molecule has 5 nitrogen and oxygen atoms in total. The number of rotatable bonds is 4. The number of benzene rings is 2. The number of amides is 1. The lowest BCUT2D eigenvalue weighted by Crippen LogP contribution is -2.18. The highest BCUT2D eigenvalue weighted by Crippen LogP contribution is 2.26. The highest BCUT2D eigenvalue weighted by molar-refractivity contribution is 6.06. The molecular formula is C16H18N2O3. The Morgan fingerprint density at radius 3 is 2.52 bits per heavy atom. The van der Waals surface area contributed by atoms with Crippen molar-refractivity contribution in [3.63, 3.8) is 0 Å². The number of hydrogen-bond acceptors (Lipinski definition) is 4. The third kappa shape index (κ3) is 3.32. The Morgan fingerprint density at radius 2 is 1.86 bits per heavy atom. The van der Waals surface area contributed by atoms with Crippen molar-refractivity contribution < 1.29 is 15.0 Å². The third-order valence-electron chi connectivity index (χ3n) is 3.33. The standard InChI is InChI=1S/C16H18N2O3/c1-10(17-2)12-5-3-4-6-14(12)18-16(21)13-8-7-11(19)9-15(13)20/h3-10,17,19-20H,1-2H3,(H,18,21). The molecule has 0 saturated carbocycles. The van der Waals surface area contributed by atoms with Crippen LogP contribution >= 0.6 is 0 Å². The number of aromatic hydroxyl groups is 2. The zero-order valence-electron chi connectivity index (χ0n) is 11.9. The van der Waals surface area contributed by atoms with Gasteiger partial charge in [-0.2, -0.15) is 0 Å². The van der Waals surface area contributed by atoms with Crippen LogP contribution in [0.1, 0.15) is 28.9 Å². The second kappa shape index (κ2) is 6.28. The lowest BCUT2D eigenvalue weighted by atomic mass is 10.1. The predicted molar refractivity (Wildman–Crippen MR) is 81.6 cm³/mol. The summed E-state index contributed by atoms with van der Waals surface area (Å²) in [7, 11) is 1.84. The monoisotopic (exact) mass is 286 g/mol. The molecule has 0 spiro atoms. The van der Waals surface area contributed by atoms with Crippen molar-refractivity contribution in [1.82, 2.24) is 5.32 Å². The smallest absolute Gasteiger partial charge is 0.259 e. The first-order valence-corrected chi connectivity index (χ1v) is 6.62. The maximum Gasteiger partial charge on any atom is 0.259 e. The topological polar surface area (TPSA) is 81.6 Å². The number of carbonyl (C=O) groups is 1. The maximum absolute atomic E-state index is 12.2. The molecule has 1 unspecified atom stereocenters. The van der Waals surface area contributed by atoms with Gasteiger partial charge in [-0.05, 0) is 37.7 Å². The molecule has 2 rings (SSSR count). The van der Waals surface area contributed by atoms with Gasteiger partial charge in [-0.25, -0.2) is 0 Å². The number of phenols is 2. The quantitative estimate of drug-likeness (QED) is 0.696. The molecule has 1 amide bonds. The van der Waals surface area contributed by atoms with E-state index >= 15 is 0 Å². The average molecular weight is 286 g/mol. The molecule has 0 radical (unpaired) electrons. The van der Waals surface area contributed by atoms with Gasteiger partial charge in [0.05, 0.1) is 5.56 Å². The fourth-order valence-electron chi connectivity index (χ4n) is 2.05. The summed E-state index contributed by atoms with van der Waals surface area (Å²) in [4.78, 5) is 12.2. The van der Waals surface area contributed by atoms with Crippen molar-refractivity contribution in [3.05, 3.63) is 53.6 Å². The summed E-state index contributed by atoms with van der Waals surface area (Å²) in [6.45, 7) is 1.99. The van der Waals surface area contributed by atoms with E-state index in [0.29, 0.717) is 5.69 Å². The molecule has 5 heteroatoms. The SMILES string of the molecule is CNC(C)c1ccccc1NC(=O)c1ccc(O)cc1O. The molecule has 0 aliphatic heterocycles. The summed E-state index contributed by atoms with van der Waals surface area (Å²) in [5.74, 6) is -0.775. The second-order valence-electron chi connectivity index (χ2n) is 4.75. The van der Waals surface area contributed by atoms with Crippen LogP contribution in [0.5, 0.6) is 11.5 Å². The Kier molecular flexibility index (Phi) is 4.45. The van der Waals surface area contributed by atoms with Gasteiger partial charge in [0.15, 0.2) is 0 Å². The Hall–Kier alpha value is -2.53. The van der Waals surface area contributed by atoms with E-state index in [4.69, 9.17) is 0 Å². The van der Waals surface area contributed by atoms with Crippen LogP contribution in [0.2, 0.25) is 0 Å². The lowest BCUT2D eigenvalue weighted by molar-refractivity contribution is 0.102. The van der Waals surface area contributed by atoms with E-state index in [1.54, 1.807) is 6.07 Å². The fourth-order valence-corrected chi connectivity index (χ4v) is 2.05. The molecule has 0 bridgehead atoms. The first kappa shape index (κ1) is 14.9. The Bertz CT molecular complexity index is 656. The predicted octanol–water partition coefficient (Wildman–Crippen LogP) is 2.63. The molecule has 0 aliphatic carbocycles.